The molecular formula is C5H4INOS. The first-order valence-corrected chi connectivity index (χ1v) is 5.61. The fourth-order valence-corrected chi connectivity index (χ4v) is 1.91. The van der Waals surface area contributed by atoms with Gasteiger partial charge in [-0.25, -0.2) is 0 Å². The summed E-state index contributed by atoms with van der Waals surface area (Å²) in [6.07, 6.45) is 2.69. The Hall–Kier alpha value is 0.0300. The summed E-state index contributed by atoms with van der Waals surface area (Å²) < 4.78 is 1.80. The summed E-state index contributed by atoms with van der Waals surface area (Å²) in [6.45, 7) is 0. The fourth-order valence-electron chi connectivity index (χ4n) is 0.533. The lowest BCUT2D eigenvalue weighted by atomic mass is 10.5. The monoisotopic (exact) mass is 253 g/mol. The van der Waals surface area contributed by atoms with Gasteiger partial charge in [-0.3, -0.25) is 8.77 Å². The van der Waals surface area contributed by atoms with Crippen LogP contribution in [0.5, 0.6) is 0 Å². The largest absolute Gasteiger partial charge is 0.296 e. The number of aldehydes is 1. The van der Waals surface area contributed by atoms with Crippen LogP contribution < -0.4 is 0 Å². The highest BCUT2D eigenvalue weighted by Gasteiger charge is 1.94. The van der Waals surface area contributed by atoms with E-state index < -0.39 is 0 Å². The van der Waals surface area contributed by atoms with Crippen LogP contribution in [0.3, 0.4) is 0 Å². The Kier molecular flexibility index (Phi) is 2.59. The maximum Gasteiger partial charge on any atom is 0.167 e. The van der Waals surface area contributed by atoms with Gasteiger partial charge in [-0.2, -0.15) is 0 Å². The number of nitrogens with zero attached hydrogens (tertiary/aromatic N) is 1. The highest BCUT2D eigenvalue weighted by Crippen LogP contribution is 2.17. The van der Waals surface area contributed by atoms with Gasteiger partial charge in [-0.1, -0.05) is 0 Å². The smallest absolute Gasteiger partial charge is 0.167 e. The molecule has 1 heterocycles. The minimum atomic E-state index is 0.703. The summed E-state index contributed by atoms with van der Waals surface area (Å²) in [6, 6.07) is 3.62. The SMILES string of the molecule is O=Cc1cccn1SI. The van der Waals surface area contributed by atoms with E-state index in [0.29, 0.717) is 5.69 Å². The van der Waals surface area contributed by atoms with Gasteiger partial charge in [-0.05, 0) is 12.1 Å². The van der Waals surface area contributed by atoms with E-state index >= 15 is 0 Å². The van der Waals surface area contributed by atoms with E-state index in [0.717, 1.165) is 6.29 Å². The summed E-state index contributed by atoms with van der Waals surface area (Å²) in [4.78, 5) is 10.2. The molecule has 1 aromatic rings. The van der Waals surface area contributed by atoms with Crippen LogP contribution in [0.25, 0.3) is 0 Å². The molecule has 0 bridgehead atoms. The number of carbonyl (C=O) groups is 1. The Balaban J connectivity index is 2.98. The number of carbonyl (C=O) groups excluding carboxylic acids is 1. The van der Waals surface area contributed by atoms with Crippen molar-refractivity contribution in [1.29, 1.82) is 0 Å². The molecule has 48 valence electrons. The van der Waals surface area contributed by atoms with E-state index in [-0.39, 0.29) is 0 Å². The molecule has 0 radical (unpaired) electrons. The fraction of sp³-hybridized carbons (Fsp3) is 0. The van der Waals surface area contributed by atoms with Gasteiger partial charge >= 0.3 is 0 Å². The average Bonchev–Trinajstić information content (AvgIpc) is 2.33. The van der Waals surface area contributed by atoms with Gasteiger partial charge in [-0.15, -0.1) is 0 Å². The zero-order valence-corrected chi connectivity index (χ0v) is 7.43. The van der Waals surface area contributed by atoms with Crippen LogP contribution in [0.2, 0.25) is 0 Å². The molecule has 0 atom stereocenters. The first-order chi connectivity index (χ1) is 4.38. The molecule has 0 saturated heterocycles. The Morgan fingerprint density at radius 2 is 2.56 bits per heavy atom. The van der Waals surface area contributed by atoms with Gasteiger partial charge in [0.05, 0.1) is 5.69 Å². The van der Waals surface area contributed by atoms with E-state index in [1.807, 2.05) is 12.3 Å². The van der Waals surface area contributed by atoms with Crippen LogP contribution in [-0.2, 0) is 0 Å². The van der Waals surface area contributed by atoms with E-state index in [1.54, 1.807) is 10.0 Å². The zero-order valence-electron chi connectivity index (χ0n) is 4.45. The van der Waals surface area contributed by atoms with Gasteiger partial charge in [0, 0.05) is 36.5 Å². The normalized spacial score (nSPS) is 9.44. The second-order valence-electron chi connectivity index (χ2n) is 1.45. The third-order valence-corrected chi connectivity index (χ3v) is 2.69. The summed E-state index contributed by atoms with van der Waals surface area (Å²) in [5.74, 6) is 0. The third-order valence-electron chi connectivity index (χ3n) is 0.938. The van der Waals surface area contributed by atoms with Crippen LogP contribution >= 0.6 is 30.3 Å². The van der Waals surface area contributed by atoms with Crippen LogP contribution in [0.4, 0.5) is 0 Å². The predicted molar refractivity (Wildman–Crippen MR) is 46.8 cm³/mol. The summed E-state index contributed by atoms with van der Waals surface area (Å²) in [5.41, 5.74) is 0.703. The Labute approximate surface area is 69.3 Å². The molecule has 0 unspecified atom stereocenters. The van der Waals surface area contributed by atoms with Crippen LogP contribution in [0.1, 0.15) is 10.5 Å². The van der Waals surface area contributed by atoms with Crippen molar-refractivity contribution in [2.24, 2.45) is 0 Å². The Morgan fingerprint density at radius 3 is 3.00 bits per heavy atom. The molecule has 0 spiro atoms. The first-order valence-electron chi connectivity index (χ1n) is 2.30. The molecule has 0 aliphatic carbocycles. The number of aromatic nitrogens is 1. The van der Waals surface area contributed by atoms with Gasteiger partial charge < -0.3 is 0 Å². The lowest BCUT2D eigenvalue weighted by Gasteiger charge is -1.92. The van der Waals surface area contributed by atoms with E-state index in [9.17, 15) is 4.79 Å². The molecule has 1 aromatic heterocycles. The highest BCUT2D eigenvalue weighted by atomic mass is 127. The third kappa shape index (κ3) is 1.48. The highest BCUT2D eigenvalue weighted by molar-refractivity contribution is 14.2. The minimum Gasteiger partial charge on any atom is -0.296 e. The van der Waals surface area contributed by atoms with Crippen molar-refractivity contribution in [3.8, 4) is 0 Å². The molecule has 0 fully saturated rings. The summed E-state index contributed by atoms with van der Waals surface area (Å²) >= 11 is 2.12. The van der Waals surface area contributed by atoms with Crippen LogP contribution in [0.15, 0.2) is 18.3 Å². The van der Waals surface area contributed by atoms with Gasteiger partial charge in [0.2, 0.25) is 0 Å². The van der Waals surface area contributed by atoms with Crippen LogP contribution in [0, 0.1) is 0 Å². The molecule has 0 aromatic carbocycles. The molecule has 0 aliphatic rings. The lowest BCUT2D eigenvalue weighted by molar-refractivity contribution is 0.111. The summed E-state index contributed by atoms with van der Waals surface area (Å²) in [7, 11) is 1.48. The Morgan fingerprint density at radius 1 is 1.78 bits per heavy atom. The topological polar surface area (TPSA) is 22.0 Å². The minimum absolute atomic E-state index is 0.703. The zero-order chi connectivity index (χ0) is 6.69. The van der Waals surface area contributed by atoms with Crippen molar-refractivity contribution < 1.29 is 4.79 Å². The van der Waals surface area contributed by atoms with E-state index in [4.69, 9.17) is 0 Å². The predicted octanol–water partition coefficient (Wildman–Crippen LogP) is 2.15. The quantitative estimate of drug-likeness (QED) is 0.595. The molecule has 0 N–H and O–H groups in total. The standard InChI is InChI=1S/C5H4INOS/c6-9-7-3-1-2-5(7)4-8/h1-4H. The lowest BCUT2D eigenvalue weighted by Crippen LogP contribution is -1.86. The van der Waals surface area contributed by atoms with Crippen molar-refractivity contribution in [3.63, 3.8) is 0 Å². The van der Waals surface area contributed by atoms with Gasteiger partial charge in [0.1, 0.15) is 0 Å². The van der Waals surface area contributed by atoms with Crippen molar-refractivity contribution >= 4 is 36.6 Å². The van der Waals surface area contributed by atoms with Gasteiger partial charge in [0.15, 0.2) is 6.29 Å². The molecule has 4 heteroatoms. The number of rotatable bonds is 2. The van der Waals surface area contributed by atoms with Crippen molar-refractivity contribution in [2.45, 2.75) is 0 Å². The van der Waals surface area contributed by atoms with Crippen LogP contribution in [-0.4, -0.2) is 10.3 Å². The van der Waals surface area contributed by atoms with Crippen molar-refractivity contribution in [2.75, 3.05) is 0 Å². The molecule has 0 saturated carbocycles. The molecule has 9 heavy (non-hydrogen) atoms. The van der Waals surface area contributed by atoms with E-state index in [1.165, 1.54) is 9.12 Å². The summed E-state index contributed by atoms with van der Waals surface area (Å²) in [5, 5.41) is 0. The molecular weight excluding hydrogens is 249 g/mol. The number of hydrogen-bond acceptors (Lipinski definition) is 2. The Bertz CT molecular complexity index is 210. The number of hydrogen-bond donors (Lipinski definition) is 0. The van der Waals surface area contributed by atoms with Crippen molar-refractivity contribution in [3.05, 3.63) is 24.0 Å². The van der Waals surface area contributed by atoms with Gasteiger partial charge in [0.25, 0.3) is 0 Å². The van der Waals surface area contributed by atoms with E-state index in [2.05, 4.69) is 21.2 Å². The molecule has 1 rings (SSSR count). The second kappa shape index (κ2) is 3.26. The average molecular weight is 253 g/mol. The second-order valence-corrected chi connectivity index (χ2v) is 3.16. The molecule has 0 aliphatic heterocycles. The molecule has 0 amide bonds. The maximum absolute atomic E-state index is 10.2. The maximum atomic E-state index is 10.2. The first kappa shape index (κ1) is 7.14. The molecule has 2 nitrogen and oxygen atoms in total. The number of halogens is 1. The van der Waals surface area contributed by atoms with Crippen molar-refractivity contribution in [1.82, 2.24) is 3.97 Å².